The third-order valence-electron chi connectivity index (χ3n) is 6.54. The van der Waals surface area contributed by atoms with E-state index in [1.165, 1.54) is 6.92 Å². The molecular weight excluding hydrogens is 628 g/mol. The number of anilines is 1. The molecule has 7 N–H and O–H groups in total. The first kappa shape index (κ1) is 39.4. The minimum Gasteiger partial charge on any atom is -0.461 e. The number of imide groups is 1. The van der Waals surface area contributed by atoms with Crippen molar-refractivity contribution in [2.24, 2.45) is 11.7 Å². The van der Waals surface area contributed by atoms with Crippen LogP contribution >= 0.6 is 0 Å². The van der Waals surface area contributed by atoms with E-state index in [-0.39, 0.29) is 26.0 Å². The zero-order valence-electron chi connectivity index (χ0n) is 26.3. The summed E-state index contributed by atoms with van der Waals surface area (Å²) in [5.74, 6) is -5.27. The molecule has 1 aromatic carbocycles. The van der Waals surface area contributed by atoms with Crippen molar-refractivity contribution in [2.45, 2.75) is 77.8 Å². The van der Waals surface area contributed by atoms with E-state index in [4.69, 9.17) is 10.5 Å². The second-order valence-electron chi connectivity index (χ2n) is 10.7. The van der Waals surface area contributed by atoms with Crippen molar-refractivity contribution in [1.29, 1.82) is 0 Å². The van der Waals surface area contributed by atoms with Gasteiger partial charge in [-0.05, 0) is 42.9 Å². The van der Waals surface area contributed by atoms with Crippen molar-refractivity contribution in [1.82, 2.24) is 20.9 Å². The Labute approximate surface area is 267 Å². The van der Waals surface area contributed by atoms with Crippen LogP contribution in [0.3, 0.4) is 0 Å². The molecule has 0 unspecified atom stereocenters. The standard InChI is InChI=1S/C28H42N6O11S/c1-16(2)24(33-26(39)23(46(42,43)44)12-14-34(17(3)35)18(4)36)27(40)32-22(7-6-13-30-28(29)41)25(38)31-21-10-8-20(9-11-21)15-45-19(5)37/h8-11,16,22-24H,6-7,12-15H2,1-5H3,(H,31,38)(H,32,40)(H,33,39)(H3,29,30,41)(H,42,43,44)/t22-,23+,24-/m0/s1. The number of primary amides is 1. The smallest absolute Gasteiger partial charge is 0.312 e. The number of amides is 7. The number of hydrogen-bond donors (Lipinski definition) is 6. The number of esters is 1. The molecule has 0 saturated heterocycles. The van der Waals surface area contributed by atoms with Gasteiger partial charge in [-0.15, -0.1) is 0 Å². The van der Waals surface area contributed by atoms with Crippen LogP contribution < -0.4 is 27.0 Å². The quantitative estimate of drug-likeness (QED) is 0.0718. The molecule has 7 amide bonds. The van der Waals surface area contributed by atoms with Crippen LogP contribution in [0.2, 0.25) is 0 Å². The average Bonchev–Trinajstić information content (AvgIpc) is 2.93. The van der Waals surface area contributed by atoms with Crippen LogP contribution in [-0.2, 0) is 50.2 Å². The minimum absolute atomic E-state index is 0.0146. The van der Waals surface area contributed by atoms with E-state index in [0.717, 1.165) is 13.8 Å². The maximum absolute atomic E-state index is 13.4. The Morgan fingerprint density at radius 1 is 0.891 bits per heavy atom. The highest BCUT2D eigenvalue weighted by atomic mass is 32.2. The molecule has 18 heteroatoms. The van der Waals surface area contributed by atoms with Crippen molar-refractivity contribution >= 4 is 57.3 Å². The molecule has 17 nitrogen and oxygen atoms in total. The number of nitrogens with two attached hydrogens (primary N) is 1. The molecule has 1 aromatic rings. The molecule has 3 atom stereocenters. The van der Waals surface area contributed by atoms with Gasteiger partial charge in [0.1, 0.15) is 18.7 Å². The Morgan fingerprint density at radius 2 is 1.48 bits per heavy atom. The van der Waals surface area contributed by atoms with Crippen LogP contribution in [0.25, 0.3) is 0 Å². The van der Waals surface area contributed by atoms with E-state index < -0.39 is 87.9 Å². The molecule has 0 spiro atoms. The molecule has 0 radical (unpaired) electrons. The van der Waals surface area contributed by atoms with E-state index in [1.54, 1.807) is 38.1 Å². The van der Waals surface area contributed by atoms with Gasteiger partial charge < -0.3 is 31.7 Å². The van der Waals surface area contributed by atoms with E-state index >= 15 is 0 Å². The number of nitrogens with zero attached hydrogens (tertiary/aromatic N) is 1. The van der Waals surface area contributed by atoms with Gasteiger partial charge in [-0.25, -0.2) is 4.79 Å². The van der Waals surface area contributed by atoms with Gasteiger partial charge in [-0.3, -0.25) is 38.2 Å². The van der Waals surface area contributed by atoms with Crippen LogP contribution in [0.15, 0.2) is 24.3 Å². The third-order valence-corrected chi connectivity index (χ3v) is 7.71. The van der Waals surface area contributed by atoms with Gasteiger partial charge in [0, 0.05) is 39.5 Å². The van der Waals surface area contributed by atoms with E-state index in [9.17, 15) is 46.5 Å². The number of carbonyl (C=O) groups excluding carboxylic acids is 7. The Morgan fingerprint density at radius 3 is 1.96 bits per heavy atom. The Bertz CT molecular complexity index is 1370. The van der Waals surface area contributed by atoms with Crippen LogP contribution in [0, 0.1) is 5.92 Å². The monoisotopic (exact) mass is 670 g/mol. The summed E-state index contributed by atoms with van der Waals surface area (Å²) in [7, 11) is -5.04. The number of ether oxygens (including phenoxy) is 1. The first-order chi connectivity index (χ1) is 21.3. The van der Waals surface area contributed by atoms with Gasteiger partial charge in [-0.2, -0.15) is 8.42 Å². The number of urea groups is 1. The number of carbonyl (C=O) groups is 7. The fourth-order valence-electron chi connectivity index (χ4n) is 4.13. The number of hydrogen-bond acceptors (Lipinski definition) is 10. The van der Waals surface area contributed by atoms with Crippen molar-refractivity contribution < 1.29 is 51.3 Å². The maximum atomic E-state index is 13.4. The lowest BCUT2D eigenvalue weighted by Gasteiger charge is -2.27. The summed E-state index contributed by atoms with van der Waals surface area (Å²) in [5.41, 5.74) is 6.09. The Balaban J connectivity index is 3.13. The number of nitrogens with one attached hydrogen (secondary N) is 4. The third kappa shape index (κ3) is 14.0. The van der Waals surface area contributed by atoms with Crippen LogP contribution in [0.1, 0.15) is 59.4 Å². The van der Waals surface area contributed by atoms with Crippen molar-refractivity contribution in [2.75, 3.05) is 18.4 Å². The van der Waals surface area contributed by atoms with Gasteiger partial charge in [-0.1, -0.05) is 26.0 Å². The van der Waals surface area contributed by atoms with Crippen molar-refractivity contribution in [3.05, 3.63) is 29.8 Å². The van der Waals surface area contributed by atoms with Crippen molar-refractivity contribution in [3.8, 4) is 0 Å². The highest BCUT2D eigenvalue weighted by molar-refractivity contribution is 7.87. The van der Waals surface area contributed by atoms with Crippen LogP contribution in [-0.4, -0.2) is 89.8 Å². The Hall–Kier alpha value is -4.58. The Kier molecular flexibility index (Phi) is 15.8. The summed E-state index contributed by atoms with van der Waals surface area (Å²) in [5, 5.41) is 7.73. The molecule has 0 aliphatic rings. The summed E-state index contributed by atoms with van der Waals surface area (Å²) in [6.07, 6.45) is -0.427. The molecule has 0 heterocycles. The normalized spacial score (nSPS) is 13.0. The molecule has 0 fully saturated rings. The lowest BCUT2D eigenvalue weighted by molar-refractivity contribution is -0.143. The maximum Gasteiger partial charge on any atom is 0.312 e. The molecule has 0 aliphatic heterocycles. The summed E-state index contributed by atoms with van der Waals surface area (Å²) in [6.45, 7) is 6.12. The molecule has 1 rings (SSSR count). The minimum atomic E-state index is -5.04. The van der Waals surface area contributed by atoms with Crippen LogP contribution in [0.5, 0.6) is 0 Å². The predicted octanol–water partition coefficient (Wildman–Crippen LogP) is -0.196. The van der Waals surface area contributed by atoms with E-state index in [2.05, 4.69) is 21.3 Å². The average molecular weight is 671 g/mol. The topological polar surface area (TPSA) is 260 Å². The summed E-state index contributed by atoms with van der Waals surface area (Å²) in [6, 6.07) is 2.97. The molecule has 0 aliphatic carbocycles. The first-order valence-electron chi connectivity index (χ1n) is 14.3. The SMILES string of the molecule is CC(=O)OCc1ccc(NC(=O)[C@H](CCCNC(N)=O)NC(=O)[C@@H](NC(=O)[C@@H](CCN(C(C)=O)C(C)=O)S(=O)(=O)O)C(C)C)cc1. The van der Waals surface area contributed by atoms with E-state index in [1.807, 2.05) is 0 Å². The van der Waals surface area contributed by atoms with Gasteiger partial charge in [0.05, 0.1) is 0 Å². The summed E-state index contributed by atoms with van der Waals surface area (Å²) >= 11 is 0. The lowest BCUT2D eigenvalue weighted by Crippen LogP contribution is -2.56. The number of rotatable bonds is 17. The van der Waals surface area contributed by atoms with Crippen molar-refractivity contribution in [3.63, 3.8) is 0 Å². The first-order valence-corrected chi connectivity index (χ1v) is 15.8. The predicted molar refractivity (Wildman–Crippen MR) is 164 cm³/mol. The molecule has 0 saturated carbocycles. The molecule has 256 valence electrons. The van der Waals surface area contributed by atoms with Gasteiger partial charge >= 0.3 is 12.0 Å². The zero-order chi connectivity index (χ0) is 35.2. The second kappa shape index (κ2) is 18.4. The molecular formula is C28H42N6O11S. The van der Waals surface area contributed by atoms with Crippen LogP contribution in [0.4, 0.5) is 10.5 Å². The molecule has 0 bridgehead atoms. The van der Waals surface area contributed by atoms with E-state index in [0.29, 0.717) is 16.2 Å². The zero-order valence-corrected chi connectivity index (χ0v) is 27.1. The lowest BCUT2D eigenvalue weighted by atomic mass is 10.0. The van der Waals surface area contributed by atoms with Gasteiger partial charge in [0.2, 0.25) is 29.5 Å². The second-order valence-corrected chi connectivity index (χ2v) is 12.3. The molecule has 46 heavy (non-hydrogen) atoms. The highest BCUT2D eigenvalue weighted by Crippen LogP contribution is 2.14. The number of benzene rings is 1. The fraction of sp³-hybridized carbons (Fsp3) is 0.536. The largest absolute Gasteiger partial charge is 0.461 e. The summed E-state index contributed by atoms with van der Waals surface area (Å²) < 4.78 is 38.8. The fourth-order valence-corrected chi connectivity index (χ4v) is 4.87. The van der Waals surface area contributed by atoms with Gasteiger partial charge in [0.25, 0.3) is 10.1 Å². The molecule has 0 aromatic heterocycles. The van der Waals surface area contributed by atoms with Gasteiger partial charge in [0.15, 0.2) is 5.25 Å². The highest BCUT2D eigenvalue weighted by Gasteiger charge is 2.36. The summed E-state index contributed by atoms with van der Waals surface area (Å²) in [4.78, 5) is 85.8.